The van der Waals surface area contributed by atoms with Crippen molar-refractivity contribution in [3.05, 3.63) is 45.9 Å². The number of nitrogens with one attached hydrogen (secondary N) is 2. The molecule has 29 heavy (non-hydrogen) atoms. The van der Waals surface area contributed by atoms with Crippen LogP contribution < -0.4 is 15.4 Å². The summed E-state index contributed by atoms with van der Waals surface area (Å²) in [5.74, 6) is 0.819. The summed E-state index contributed by atoms with van der Waals surface area (Å²) in [6.07, 6.45) is -6.67. The van der Waals surface area contributed by atoms with Crippen molar-refractivity contribution in [3.8, 4) is 5.75 Å². The Balaban J connectivity index is 1.89. The Hall–Kier alpha value is -2.43. The SMILES string of the molecule is CCNC(=NCc1cccc(OCC(F)F)c1)NCCc1nc(C(F)(F)F)cs1. The molecular weight excluding hydrogens is 415 g/mol. The third kappa shape index (κ3) is 8.22. The fourth-order valence-corrected chi connectivity index (χ4v) is 3.05. The van der Waals surface area contributed by atoms with E-state index in [1.165, 1.54) is 0 Å². The lowest BCUT2D eigenvalue weighted by Crippen LogP contribution is -2.38. The van der Waals surface area contributed by atoms with Crippen LogP contribution in [-0.4, -0.2) is 37.1 Å². The summed E-state index contributed by atoms with van der Waals surface area (Å²) < 4.78 is 67.2. The summed E-state index contributed by atoms with van der Waals surface area (Å²) in [5.41, 5.74) is -0.115. The Labute approximate surface area is 169 Å². The van der Waals surface area contributed by atoms with Gasteiger partial charge in [-0.3, -0.25) is 0 Å². The molecule has 0 aliphatic rings. The molecule has 0 bridgehead atoms. The molecule has 160 valence electrons. The van der Waals surface area contributed by atoms with Crippen LogP contribution in [0.5, 0.6) is 5.75 Å². The highest BCUT2D eigenvalue weighted by Gasteiger charge is 2.33. The van der Waals surface area contributed by atoms with E-state index >= 15 is 0 Å². The van der Waals surface area contributed by atoms with Gasteiger partial charge in [-0.2, -0.15) is 13.2 Å². The summed E-state index contributed by atoms with van der Waals surface area (Å²) in [6.45, 7) is 2.43. The highest BCUT2D eigenvalue weighted by atomic mass is 32.1. The van der Waals surface area contributed by atoms with Gasteiger partial charge in [0, 0.05) is 24.9 Å². The lowest BCUT2D eigenvalue weighted by molar-refractivity contribution is -0.140. The highest BCUT2D eigenvalue weighted by molar-refractivity contribution is 7.09. The van der Waals surface area contributed by atoms with E-state index in [0.29, 0.717) is 36.2 Å². The van der Waals surface area contributed by atoms with Crippen LogP contribution in [-0.2, 0) is 19.1 Å². The van der Waals surface area contributed by atoms with Gasteiger partial charge in [0.2, 0.25) is 0 Å². The van der Waals surface area contributed by atoms with Crippen molar-refractivity contribution in [2.75, 3.05) is 19.7 Å². The molecule has 0 atom stereocenters. The van der Waals surface area contributed by atoms with E-state index < -0.39 is 24.9 Å². The Bertz CT molecular complexity index is 795. The molecule has 2 N–H and O–H groups in total. The van der Waals surface area contributed by atoms with Crippen LogP contribution >= 0.6 is 11.3 Å². The first-order chi connectivity index (χ1) is 13.8. The lowest BCUT2D eigenvalue weighted by Gasteiger charge is -2.11. The van der Waals surface area contributed by atoms with Gasteiger partial charge in [0.1, 0.15) is 12.4 Å². The molecule has 2 rings (SSSR count). The quantitative estimate of drug-likeness (QED) is 0.353. The molecule has 0 spiro atoms. The van der Waals surface area contributed by atoms with Gasteiger partial charge in [-0.05, 0) is 24.6 Å². The molecule has 0 fully saturated rings. The van der Waals surface area contributed by atoms with Gasteiger partial charge in [-0.1, -0.05) is 12.1 Å². The van der Waals surface area contributed by atoms with Gasteiger partial charge in [0.15, 0.2) is 11.7 Å². The fraction of sp³-hybridized carbons (Fsp3) is 0.444. The van der Waals surface area contributed by atoms with Crippen LogP contribution in [0.4, 0.5) is 22.0 Å². The zero-order valence-electron chi connectivity index (χ0n) is 15.6. The standard InChI is InChI=1S/C18H21F5N4OS/c1-2-24-17(25-7-6-16-27-14(11-29-16)18(21,22)23)26-9-12-4-3-5-13(8-12)28-10-15(19)20/h3-5,8,11,15H,2,6-7,9-10H2,1H3,(H2,24,25,26). The maximum absolute atomic E-state index is 12.6. The molecule has 1 heterocycles. The number of aliphatic imine (C=N–C) groups is 1. The van der Waals surface area contributed by atoms with Crippen LogP contribution in [0.25, 0.3) is 0 Å². The predicted molar refractivity (Wildman–Crippen MR) is 102 cm³/mol. The van der Waals surface area contributed by atoms with E-state index in [9.17, 15) is 22.0 Å². The first kappa shape index (κ1) is 22.9. The molecule has 1 aromatic heterocycles. The Morgan fingerprint density at radius 1 is 1.28 bits per heavy atom. The molecule has 0 radical (unpaired) electrons. The molecule has 1 aromatic carbocycles. The van der Waals surface area contributed by atoms with Crippen molar-refractivity contribution in [3.63, 3.8) is 0 Å². The molecule has 0 aliphatic carbocycles. The molecule has 0 aliphatic heterocycles. The average molecular weight is 436 g/mol. The minimum Gasteiger partial charge on any atom is -0.488 e. The number of benzene rings is 1. The van der Waals surface area contributed by atoms with Crippen molar-refractivity contribution in [1.82, 2.24) is 15.6 Å². The summed E-state index contributed by atoms with van der Waals surface area (Å²) in [5, 5.41) is 7.45. The molecule has 0 unspecified atom stereocenters. The summed E-state index contributed by atoms with van der Waals surface area (Å²) in [4.78, 5) is 7.97. The molecule has 0 saturated carbocycles. The Morgan fingerprint density at radius 3 is 2.72 bits per heavy atom. The van der Waals surface area contributed by atoms with E-state index in [2.05, 4.69) is 20.6 Å². The molecule has 0 saturated heterocycles. The molecule has 2 aromatic rings. The average Bonchev–Trinajstić information content (AvgIpc) is 3.14. The second-order valence-electron chi connectivity index (χ2n) is 5.85. The number of hydrogen-bond acceptors (Lipinski definition) is 4. The first-order valence-electron chi connectivity index (χ1n) is 8.81. The Morgan fingerprint density at radius 2 is 2.07 bits per heavy atom. The van der Waals surface area contributed by atoms with Gasteiger partial charge in [0.05, 0.1) is 11.6 Å². The number of aromatic nitrogens is 1. The topological polar surface area (TPSA) is 58.5 Å². The largest absolute Gasteiger partial charge is 0.488 e. The van der Waals surface area contributed by atoms with Gasteiger partial charge >= 0.3 is 6.18 Å². The first-order valence-corrected chi connectivity index (χ1v) is 9.69. The number of halogens is 5. The molecular formula is C18H21F5N4OS. The predicted octanol–water partition coefficient (Wildman–Crippen LogP) is 4.10. The fourth-order valence-electron chi connectivity index (χ4n) is 2.25. The number of ether oxygens (including phenoxy) is 1. The van der Waals surface area contributed by atoms with Crippen LogP contribution in [0, 0.1) is 0 Å². The van der Waals surface area contributed by atoms with E-state index in [1.54, 1.807) is 24.3 Å². The summed E-state index contributed by atoms with van der Waals surface area (Å²) in [7, 11) is 0. The number of rotatable bonds is 9. The lowest BCUT2D eigenvalue weighted by atomic mass is 10.2. The summed E-state index contributed by atoms with van der Waals surface area (Å²) >= 11 is 0.961. The van der Waals surface area contributed by atoms with E-state index in [1.807, 2.05) is 6.92 Å². The van der Waals surface area contributed by atoms with Crippen LogP contribution in [0.3, 0.4) is 0 Å². The van der Waals surface area contributed by atoms with Crippen LogP contribution in [0.1, 0.15) is 23.2 Å². The summed E-state index contributed by atoms with van der Waals surface area (Å²) in [6, 6.07) is 6.69. The smallest absolute Gasteiger partial charge is 0.434 e. The zero-order chi connectivity index (χ0) is 21.3. The number of thiazole rings is 1. The minimum absolute atomic E-state index is 0.274. The monoisotopic (exact) mass is 436 g/mol. The van der Waals surface area contributed by atoms with Crippen LogP contribution in [0.15, 0.2) is 34.6 Å². The van der Waals surface area contributed by atoms with E-state index in [0.717, 1.165) is 22.3 Å². The van der Waals surface area contributed by atoms with Crippen molar-refractivity contribution >= 4 is 17.3 Å². The second-order valence-corrected chi connectivity index (χ2v) is 6.79. The van der Waals surface area contributed by atoms with Gasteiger partial charge < -0.3 is 15.4 Å². The van der Waals surface area contributed by atoms with Crippen molar-refractivity contribution in [1.29, 1.82) is 0 Å². The zero-order valence-corrected chi connectivity index (χ0v) is 16.4. The highest BCUT2D eigenvalue weighted by Crippen LogP contribution is 2.30. The van der Waals surface area contributed by atoms with E-state index in [-0.39, 0.29) is 6.54 Å². The molecule has 11 heteroatoms. The van der Waals surface area contributed by atoms with Gasteiger partial charge in [-0.25, -0.2) is 18.8 Å². The van der Waals surface area contributed by atoms with E-state index in [4.69, 9.17) is 4.74 Å². The van der Waals surface area contributed by atoms with Crippen LogP contribution in [0.2, 0.25) is 0 Å². The third-order valence-electron chi connectivity index (χ3n) is 3.51. The second kappa shape index (κ2) is 10.9. The number of alkyl halides is 5. The van der Waals surface area contributed by atoms with Gasteiger partial charge in [-0.15, -0.1) is 11.3 Å². The normalized spacial score (nSPS) is 12.3. The van der Waals surface area contributed by atoms with Gasteiger partial charge in [0.25, 0.3) is 6.43 Å². The Kier molecular flexibility index (Phi) is 8.62. The number of guanidine groups is 1. The number of nitrogens with zero attached hydrogens (tertiary/aromatic N) is 2. The maximum Gasteiger partial charge on any atom is 0.434 e. The maximum atomic E-state index is 12.6. The minimum atomic E-state index is -4.44. The van der Waals surface area contributed by atoms with Crippen molar-refractivity contribution in [2.24, 2.45) is 4.99 Å². The number of hydrogen-bond donors (Lipinski definition) is 2. The van der Waals surface area contributed by atoms with Crippen molar-refractivity contribution < 1.29 is 26.7 Å². The van der Waals surface area contributed by atoms with Crippen molar-refractivity contribution in [2.45, 2.75) is 32.5 Å². The molecule has 5 nitrogen and oxygen atoms in total. The molecule has 0 amide bonds. The third-order valence-corrected chi connectivity index (χ3v) is 4.42.